The zero-order valence-corrected chi connectivity index (χ0v) is 14.4. The van der Waals surface area contributed by atoms with Gasteiger partial charge in [-0.2, -0.15) is 0 Å². The standard InChI is InChI=1S/C15H24O4.Na.H/c16-13(17)15(14(18)19,11-7-3-1-4-8-11)12-9-5-2-6-10-12;;/h11-12H,1-10H2,(H,16,17)(H,18,19);;/q;+1;-1. The van der Waals surface area contributed by atoms with Crippen molar-refractivity contribution in [2.75, 3.05) is 0 Å². The smallest absolute Gasteiger partial charge is 1.00 e. The summed E-state index contributed by atoms with van der Waals surface area (Å²) >= 11 is 0. The largest absolute Gasteiger partial charge is 1.00 e. The summed E-state index contributed by atoms with van der Waals surface area (Å²) in [6.07, 6.45) is 9.14. The van der Waals surface area contributed by atoms with Gasteiger partial charge in [0.1, 0.15) is 0 Å². The summed E-state index contributed by atoms with van der Waals surface area (Å²) in [6.45, 7) is 0. The van der Waals surface area contributed by atoms with E-state index in [0.717, 1.165) is 64.2 Å². The molecule has 0 saturated heterocycles. The molecule has 0 aromatic carbocycles. The Labute approximate surface area is 144 Å². The van der Waals surface area contributed by atoms with Gasteiger partial charge in [0, 0.05) is 0 Å². The van der Waals surface area contributed by atoms with E-state index in [1.54, 1.807) is 0 Å². The van der Waals surface area contributed by atoms with Crippen LogP contribution in [0.15, 0.2) is 0 Å². The van der Waals surface area contributed by atoms with Crippen molar-refractivity contribution in [2.24, 2.45) is 17.3 Å². The maximum atomic E-state index is 11.9. The first-order chi connectivity index (χ1) is 9.10. The van der Waals surface area contributed by atoms with E-state index in [0.29, 0.717) is 0 Å². The van der Waals surface area contributed by atoms with Gasteiger partial charge in [0.15, 0.2) is 5.41 Å². The summed E-state index contributed by atoms with van der Waals surface area (Å²) in [4.78, 5) is 23.8. The van der Waals surface area contributed by atoms with Crippen molar-refractivity contribution in [1.82, 2.24) is 0 Å². The molecule has 0 amide bonds. The molecule has 0 unspecified atom stereocenters. The molecule has 0 spiro atoms. The number of carboxylic acid groups (broad SMARTS) is 2. The van der Waals surface area contributed by atoms with Gasteiger partial charge in [0.2, 0.25) is 0 Å². The van der Waals surface area contributed by atoms with Crippen molar-refractivity contribution in [3.63, 3.8) is 0 Å². The molecule has 2 aliphatic carbocycles. The molecule has 0 aromatic heterocycles. The Bertz CT molecular complexity index is 316. The van der Waals surface area contributed by atoms with Crippen LogP contribution in [0.5, 0.6) is 0 Å². The minimum absolute atomic E-state index is 0. The molecule has 2 saturated carbocycles. The third-order valence-corrected chi connectivity index (χ3v) is 5.21. The van der Waals surface area contributed by atoms with Crippen molar-refractivity contribution in [1.29, 1.82) is 0 Å². The first-order valence-electron chi connectivity index (χ1n) is 7.57. The quantitative estimate of drug-likeness (QED) is 0.582. The van der Waals surface area contributed by atoms with Crippen LogP contribution in [0.25, 0.3) is 0 Å². The second-order valence-electron chi connectivity index (χ2n) is 6.15. The van der Waals surface area contributed by atoms with Gasteiger partial charge in [0.05, 0.1) is 0 Å². The Morgan fingerprint density at radius 2 is 1.05 bits per heavy atom. The van der Waals surface area contributed by atoms with Gasteiger partial charge in [-0.15, -0.1) is 0 Å². The minimum Gasteiger partial charge on any atom is -1.00 e. The van der Waals surface area contributed by atoms with Gasteiger partial charge in [-0.05, 0) is 37.5 Å². The van der Waals surface area contributed by atoms with Crippen molar-refractivity contribution in [3.8, 4) is 0 Å². The Morgan fingerprint density at radius 3 is 1.30 bits per heavy atom. The summed E-state index contributed by atoms with van der Waals surface area (Å²) in [7, 11) is 0. The average molecular weight is 292 g/mol. The molecule has 2 fully saturated rings. The van der Waals surface area contributed by atoms with Crippen molar-refractivity contribution in [3.05, 3.63) is 0 Å². The van der Waals surface area contributed by atoms with Gasteiger partial charge in [0.25, 0.3) is 0 Å². The second-order valence-corrected chi connectivity index (χ2v) is 6.15. The van der Waals surface area contributed by atoms with Gasteiger partial charge in [-0.25, -0.2) is 0 Å². The molecule has 0 atom stereocenters. The molecular weight excluding hydrogens is 267 g/mol. The molecule has 0 bridgehead atoms. The summed E-state index contributed by atoms with van der Waals surface area (Å²) in [5.41, 5.74) is -1.53. The molecule has 5 heteroatoms. The predicted octanol–water partition coefficient (Wildman–Crippen LogP) is 0.419. The molecule has 4 nitrogen and oxygen atoms in total. The predicted molar refractivity (Wildman–Crippen MR) is 72.0 cm³/mol. The van der Waals surface area contributed by atoms with Crippen molar-refractivity contribution in [2.45, 2.75) is 64.2 Å². The molecule has 2 rings (SSSR count). The van der Waals surface area contributed by atoms with Gasteiger partial charge in [-0.1, -0.05) is 38.5 Å². The SMILES string of the molecule is O=C(O)C(C(=O)O)(C1CCCCC1)C1CCCCC1.[H-].[Na+]. The monoisotopic (exact) mass is 292 g/mol. The van der Waals surface area contributed by atoms with E-state index in [-0.39, 0.29) is 42.8 Å². The van der Waals surface area contributed by atoms with Crippen LogP contribution in [-0.4, -0.2) is 22.2 Å². The molecule has 0 aromatic rings. The van der Waals surface area contributed by atoms with Gasteiger partial charge in [-0.3, -0.25) is 9.59 Å². The third kappa shape index (κ3) is 3.23. The Kier molecular flexibility index (Phi) is 7.02. The van der Waals surface area contributed by atoms with E-state index in [4.69, 9.17) is 0 Å². The normalized spacial score (nSPS) is 22.0. The first kappa shape index (κ1) is 18.0. The van der Waals surface area contributed by atoms with Crippen LogP contribution in [0.2, 0.25) is 0 Å². The fourth-order valence-corrected chi connectivity index (χ4v) is 4.24. The fourth-order valence-electron chi connectivity index (χ4n) is 4.24. The van der Waals surface area contributed by atoms with Crippen molar-refractivity contribution < 1.29 is 50.8 Å². The molecule has 0 heterocycles. The average Bonchev–Trinajstić information content (AvgIpc) is 2.41. The zero-order chi connectivity index (χ0) is 13.9. The molecule has 2 aliphatic rings. The molecule has 110 valence electrons. The Balaban J connectivity index is 0.00000200. The molecule has 0 aliphatic heterocycles. The van der Waals surface area contributed by atoms with Gasteiger partial charge < -0.3 is 11.6 Å². The van der Waals surface area contributed by atoms with E-state index in [1.165, 1.54) is 0 Å². The number of hydrogen-bond donors (Lipinski definition) is 2. The van der Waals surface area contributed by atoms with E-state index < -0.39 is 17.4 Å². The van der Waals surface area contributed by atoms with Crippen LogP contribution in [0.1, 0.15) is 65.6 Å². The summed E-state index contributed by atoms with van der Waals surface area (Å²) in [5, 5.41) is 19.4. The van der Waals surface area contributed by atoms with Gasteiger partial charge >= 0.3 is 41.5 Å². The van der Waals surface area contributed by atoms with Crippen LogP contribution < -0.4 is 29.6 Å². The second kappa shape index (κ2) is 7.81. The number of hydrogen-bond acceptors (Lipinski definition) is 2. The maximum Gasteiger partial charge on any atom is 1.00 e. The minimum atomic E-state index is -1.53. The number of aliphatic carboxylic acids is 2. The number of rotatable bonds is 4. The van der Waals surface area contributed by atoms with Crippen molar-refractivity contribution >= 4 is 11.9 Å². The third-order valence-electron chi connectivity index (χ3n) is 5.21. The summed E-state index contributed by atoms with van der Waals surface area (Å²) in [6, 6.07) is 0. The van der Waals surface area contributed by atoms with Crippen LogP contribution in [0.3, 0.4) is 0 Å². The molecular formula is C15H25NaO4. The summed E-state index contributed by atoms with van der Waals surface area (Å²) in [5.74, 6) is -2.56. The molecule has 0 radical (unpaired) electrons. The molecule has 20 heavy (non-hydrogen) atoms. The Morgan fingerprint density at radius 1 is 0.750 bits per heavy atom. The fraction of sp³-hybridized carbons (Fsp3) is 0.867. The molecule has 2 N–H and O–H groups in total. The van der Waals surface area contributed by atoms with Crippen LogP contribution in [0.4, 0.5) is 0 Å². The number of carboxylic acids is 2. The van der Waals surface area contributed by atoms with E-state index in [2.05, 4.69) is 0 Å². The topological polar surface area (TPSA) is 74.6 Å². The van der Waals surface area contributed by atoms with E-state index >= 15 is 0 Å². The first-order valence-corrected chi connectivity index (χ1v) is 7.57. The maximum absolute atomic E-state index is 11.9. The van der Waals surface area contributed by atoms with Crippen LogP contribution >= 0.6 is 0 Å². The summed E-state index contributed by atoms with van der Waals surface area (Å²) < 4.78 is 0. The van der Waals surface area contributed by atoms with E-state index in [1.807, 2.05) is 0 Å². The number of carbonyl (C=O) groups is 2. The van der Waals surface area contributed by atoms with Crippen LogP contribution in [-0.2, 0) is 9.59 Å². The van der Waals surface area contributed by atoms with Crippen LogP contribution in [0, 0.1) is 17.3 Å². The van der Waals surface area contributed by atoms with E-state index in [9.17, 15) is 19.8 Å². The zero-order valence-electron chi connectivity index (χ0n) is 13.4. The Hall–Kier alpha value is -0.0600.